The van der Waals surface area contributed by atoms with Crippen molar-refractivity contribution in [3.05, 3.63) is 47.5 Å². The van der Waals surface area contributed by atoms with Gasteiger partial charge in [0, 0.05) is 20.9 Å². The lowest BCUT2D eigenvalue weighted by atomic mass is 10.2. The van der Waals surface area contributed by atoms with E-state index in [0.717, 1.165) is 41.6 Å². The summed E-state index contributed by atoms with van der Waals surface area (Å²) >= 11 is 0. The number of nitrogens with zero attached hydrogens (tertiary/aromatic N) is 4. The van der Waals surface area contributed by atoms with Gasteiger partial charge in [-0.1, -0.05) is 51.1 Å². The molecule has 0 spiro atoms. The SMILES string of the molecule is CC.[2H]Cc1nc2c(NCc3ccccc3)nc(CC)nc2n1CC. The van der Waals surface area contributed by atoms with Crippen LogP contribution in [0, 0.1) is 6.90 Å². The van der Waals surface area contributed by atoms with Gasteiger partial charge in [0.2, 0.25) is 0 Å². The van der Waals surface area contributed by atoms with Gasteiger partial charge in [-0.3, -0.25) is 0 Å². The molecule has 0 saturated heterocycles. The number of imidazole rings is 1. The minimum absolute atomic E-state index is 0.143. The lowest BCUT2D eigenvalue weighted by molar-refractivity contribution is 0.742. The van der Waals surface area contributed by atoms with E-state index in [1.807, 2.05) is 50.5 Å². The summed E-state index contributed by atoms with van der Waals surface area (Å²) in [5.74, 6) is 2.27. The summed E-state index contributed by atoms with van der Waals surface area (Å²) in [6.45, 7) is 9.67. The molecule has 0 aliphatic rings. The molecule has 0 aliphatic heterocycles. The van der Waals surface area contributed by atoms with Gasteiger partial charge < -0.3 is 9.88 Å². The summed E-state index contributed by atoms with van der Waals surface area (Å²) in [7, 11) is 0. The molecule has 0 atom stereocenters. The van der Waals surface area contributed by atoms with Crippen LogP contribution in [0.5, 0.6) is 0 Å². The van der Waals surface area contributed by atoms with Crippen LogP contribution in [0.3, 0.4) is 0 Å². The molecular formula is C19H27N5. The lowest BCUT2D eigenvalue weighted by Gasteiger charge is -2.08. The van der Waals surface area contributed by atoms with Gasteiger partial charge in [0.15, 0.2) is 17.0 Å². The maximum Gasteiger partial charge on any atom is 0.165 e. The average Bonchev–Trinajstić information content (AvgIpc) is 3.06. The Morgan fingerprint density at radius 1 is 1.08 bits per heavy atom. The Morgan fingerprint density at radius 3 is 2.46 bits per heavy atom. The van der Waals surface area contributed by atoms with Gasteiger partial charge >= 0.3 is 0 Å². The highest BCUT2D eigenvalue weighted by Crippen LogP contribution is 2.22. The number of hydrogen-bond acceptors (Lipinski definition) is 4. The normalized spacial score (nSPS) is 10.9. The van der Waals surface area contributed by atoms with Gasteiger partial charge in [-0.2, -0.15) is 0 Å². The van der Waals surface area contributed by atoms with Crippen LogP contribution in [0.1, 0.15) is 46.3 Å². The van der Waals surface area contributed by atoms with E-state index < -0.39 is 0 Å². The van der Waals surface area contributed by atoms with E-state index in [9.17, 15) is 0 Å². The van der Waals surface area contributed by atoms with Crippen molar-refractivity contribution in [1.82, 2.24) is 19.5 Å². The predicted octanol–water partition coefficient (Wildman–Crippen LogP) is 4.36. The standard InChI is InChI=1S/C17H21N5.C2H6/c1-4-14-20-16(18-11-13-9-7-6-8-10-13)15-17(21-14)22(5-2)12(3)19-15;1-2/h6-10H,4-5,11H2,1-3H3,(H,18,20,21);1-2H3/i3D;. The van der Waals surface area contributed by atoms with Crippen molar-refractivity contribution in [3.8, 4) is 0 Å². The summed E-state index contributed by atoms with van der Waals surface area (Å²) in [5.41, 5.74) is 2.76. The number of aromatic nitrogens is 4. The van der Waals surface area contributed by atoms with Crippen molar-refractivity contribution in [2.75, 3.05) is 5.32 Å². The molecule has 24 heavy (non-hydrogen) atoms. The van der Waals surface area contributed by atoms with Crippen molar-refractivity contribution < 1.29 is 1.37 Å². The molecule has 0 aliphatic carbocycles. The van der Waals surface area contributed by atoms with Crippen LogP contribution in [-0.4, -0.2) is 19.5 Å². The number of anilines is 1. The fourth-order valence-electron chi connectivity index (χ4n) is 2.49. The quantitative estimate of drug-likeness (QED) is 0.757. The van der Waals surface area contributed by atoms with Crippen LogP contribution in [0.4, 0.5) is 5.82 Å². The Kier molecular flexibility index (Phi) is 5.77. The van der Waals surface area contributed by atoms with E-state index in [1.165, 1.54) is 5.56 Å². The second kappa shape index (κ2) is 8.43. The summed E-state index contributed by atoms with van der Waals surface area (Å²) in [6.07, 6.45) is 0.765. The molecule has 2 heterocycles. The Labute approximate surface area is 145 Å². The smallest absolute Gasteiger partial charge is 0.165 e. The van der Waals surface area contributed by atoms with Crippen LogP contribution >= 0.6 is 0 Å². The Balaban J connectivity index is 0.00000109. The van der Waals surface area contributed by atoms with Crippen LogP contribution in [0.15, 0.2) is 30.3 Å². The van der Waals surface area contributed by atoms with Crippen LogP contribution < -0.4 is 5.32 Å². The van der Waals surface area contributed by atoms with Crippen molar-refractivity contribution in [2.24, 2.45) is 0 Å². The molecule has 0 fully saturated rings. The van der Waals surface area contributed by atoms with Crippen LogP contribution in [0.2, 0.25) is 0 Å². The summed E-state index contributed by atoms with van der Waals surface area (Å²) in [6, 6.07) is 10.2. The Bertz CT molecular complexity index is 798. The molecule has 5 nitrogen and oxygen atoms in total. The van der Waals surface area contributed by atoms with E-state index >= 15 is 0 Å². The number of hydrogen-bond donors (Lipinski definition) is 1. The molecule has 1 aromatic carbocycles. The fraction of sp³-hybridized carbons (Fsp3) is 0.421. The second-order valence-electron chi connectivity index (χ2n) is 5.13. The molecule has 3 aromatic rings. The zero-order valence-electron chi connectivity index (χ0n) is 16.0. The monoisotopic (exact) mass is 326 g/mol. The van der Waals surface area contributed by atoms with E-state index in [2.05, 4.69) is 32.4 Å². The van der Waals surface area contributed by atoms with Crippen molar-refractivity contribution in [1.29, 1.82) is 0 Å². The van der Waals surface area contributed by atoms with E-state index in [0.29, 0.717) is 6.54 Å². The minimum atomic E-state index is 0.143. The van der Waals surface area contributed by atoms with Gasteiger partial charge in [0.25, 0.3) is 0 Å². The zero-order valence-corrected chi connectivity index (χ0v) is 15.0. The first kappa shape index (κ1) is 16.4. The molecule has 3 rings (SSSR count). The van der Waals surface area contributed by atoms with Gasteiger partial charge in [-0.15, -0.1) is 0 Å². The van der Waals surface area contributed by atoms with Gasteiger partial charge in [-0.05, 0) is 19.4 Å². The Hall–Kier alpha value is -2.43. The third kappa shape index (κ3) is 3.72. The first-order valence-electron chi connectivity index (χ1n) is 9.30. The number of rotatable bonds is 5. The largest absolute Gasteiger partial charge is 0.364 e. The van der Waals surface area contributed by atoms with E-state index in [1.54, 1.807) is 0 Å². The van der Waals surface area contributed by atoms with Crippen LogP contribution in [0.25, 0.3) is 11.2 Å². The summed E-state index contributed by atoms with van der Waals surface area (Å²) < 4.78 is 9.67. The van der Waals surface area contributed by atoms with Crippen molar-refractivity contribution in [2.45, 2.75) is 54.1 Å². The fourth-order valence-corrected chi connectivity index (χ4v) is 2.49. The molecule has 2 aromatic heterocycles. The minimum Gasteiger partial charge on any atom is -0.364 e. The first-order valence-corrected chi connectivity index (χ1v) is 8.59. The molecule has 128 valence electrons. The zero-order chi connectivity index (χ0) is 18.2. The maximum absolute atomic E-state index is 7.67. The van der Waals surface area contributed by atoms with Crippen LogP contribution in [-0.2, 0) is 19.5 Å². The van der Waals surface area contributed by atoms with Gasteiger partial charge in [0.05, 0.1) is 0 Å². The third-order valence-corrected chi connectivity index (χ3v) is 3.66. The molecular weight excluding hydrogens is 298 g/mol. The van der Waals surface area contributed by atoms with Gasteiger partial charge in [-0.25, -0.2) is 15.0 Å². The van der Waals surface area contributed by atoms with Gasteiger partial charge in [0.1, 0.15) is 11.6 Å². The maximum atomic E-state index is 7.67. The average molecular weight is 326 g/mol. The second-order valence-corrected chi connectivity index (χ2v) is 5.13. The van der Waals surface area contributed by atoms with E-state index in [-0.39, 0.29) is 6.90 Å². The van der Waals surface area contributed by atoms with Crippen molar-refractivity contribution >= 4 is 17.0 Å². The highest BCUT2D eigenvalue weighted by atomic mass is 15.2. The van der Waals surface area contributed by atoms with Crippen molar-refractivity contribution in [3.63, 3.8) is 0 Å². The molecule has 0 amide bonds. The number of benzene rings is 1. The molecule has 1 N–H and O–H groups in total. The first-order chi connectivity index (χ1) is 12.3. The van der Waals surface area contributed by atoms with E-state index in [4.69, 9.17) is 1.37 Å². The molecule has 0 radical (unpaired) electrons. The Morgan fingerprint density at radius 2 is 1.83 bits per heavy atom. The highest BCUT2D eigenvalue weighted by Gasteiger charge is 2.14. The molecule has 0 unspecified atom stereocenters. The summed E-state index contributed by atoms with van der Waals surface area (Å²) in [4.78, 5) is 13.8. The number of aryl methyl sites for hydroxylation is 3. The predicted molar refractivity (Wildman–Crippen MR) is 100 cm³/mol. The highest BCUT2D eigenvalue weighted by molar-refractivity contribution is 5.83. The molecule has 0 saturated carbocycles. The molecule has 5 heteroatoms. The number of fused-ring (bicyclic) bond motifs is 1. The lowest BCUT2D eigenvalue weighted by Crippen LogP contribution is -2.06. The topological polar surface area (TPSA) is 55.6 Å². The third-order valence-electron chi connectivity index (χ3n) is 3.66. The number of nitrogens with one attached hydrogen (secondary N) is 1. The molecule has 0 bridgehead atoms. The summed E-state index contributed by atoms with van der Waals surface area (Å²) in [5, 5.41) is 3.38.